The van der Waals surface area contributed by atoms with Crippen LogP contribution in [0, 0.1) is 0 Å². The molecule has 0 radical (unpaired) electrons. The Bertz CT molecular complexity index is 892. The Balaban J connectivity index is 1.04. The van der Waals surface area contributed by atoms with Crippen LogP contribution in [0.3, 0.4) is 0 Å². The molecule has 1 aromatic carbocycles. The molecule has 0 spiro atoms. The highest BCUT2D eigenvalue weighted by atomic mass is 32.2. The maximum Gasteiger partial charge on any atom is 0.315 e. The molecule has 8 heteroatoms. The smallest absolute Gasteiger partial charge is 0.315 e. The van der Waals surface area contributed by atoms with Crippen LogP contribution in [0.4, 0.5) is 4.79 Å². The fourth-order valence-corrected chi connectivity index (χ4v) is 7.54. The number of rotatable bonds is 6. The van der Waals surface area contributed by atoms with Gasteiger partial charge >= 0.3 is 6.03 Å². The van der Waals surface area contributed by atoms with E-state index in [1.54, 1.807) is 11.3 Å². The van der Waals surface area contributed by atoms with Crippen LogP contribution < -0.4 is 10.6 Å². The Hall–Kier alpha value is -1.80. The lowest BCUT2D eigenvalue weighted by molar-refractivity contribution is -0.132. The zero-order chi connectivity index (χ0) is 20.5. The number of amides is 3. The molecule has 5 rings (SSSR count). The average molecular weight is 445 g/mol. The number of aromatic nitrogens is 1. The summed E-state index contributed by atoms with van der Waals surface area (Å²) in [6, 6.07) is 8.84. The van der Waals surface area contributed by atoms with Crippen LogP contribution in [-0.4, -0.2) is 58.0 Å². The molecule has 160 valence electrons. The van der Waals surface area contributed by atoms with E-state index < -0.39 is 0 Å². The molecule has 0 unspecified atom stereocenters. The van der Waals surface area contributed by atoms with Crippen molar-refractivity contribution in [3.63, 3.8) is 0 Å². The second kappa shape index (κ2) is 8.75. The van der Waals surface area contributed by atoms with E-state index in [-0.39, 0.29) is 18.1 Å². The van der Waals surface area contributed by atoms with Crippen molar-refractivity contribution in [3.05, 3.63) is 29.3 Å². The number of hydrogen-bond acceptors (Lipinski definition) is 5. The van der Waals surface area contributed by atoms with Gasteiger partial charge in [-0.05, 0) is 37.8 Å². The molecule has 1 aromatic heterocycles. The molecule has 3 fully saturated rings. The van der Waals surface area contributed by atoms with E-state index in [1.165, 1.54) is 9.71 Å². The number of nitrogens with zero attached hydrogens (tertiary/aromatic N) is 2. The molecule has 2 N–H and O–H groups in total. The Morgan fingerprint density at radius 3 is 2.83 bits per heavy atom. The summed E-state index contributed by atoms with van der Waals surface area (Å²) >= 11 is 3.75. The normalized spacial score (nSPS) is 26.6. The number of fused-ring (bicyclic) bond motifs is 2. The molecule has 6 nitrogen and oxygen atoms in total. The number of thiazole rings is 1. The number of benzene rings is 1. The van der Waals surface area contributed by atoms with Crippen LogP contribution in [0.15, 0.2) is 24.3 Å². The summed E-state index contributed by atoms with van der Waals surface area (Å²) in [5, 5.41) is 7.73. The lowest BCUT2D eigenvalue weighted by Gasteiger charge is -2.31. The second-order valence-electron chi connectivity index (χ2n) is 8.54. The molecule has 30 heavy (non-hydrogen) atoms. The second-order valence-corrected chi connectivity index (χ2v) is 10.9. The van der Waals surface area contributed by atoms with E-state index in [2.05, 4.69) is 28.8 Å². The molecule has 0 aliphatic carbocycles. The van der Waals surface area contributed by atoms with Crippen LogP contribution >= 0.6 is 23.1 Å². The summed E-state index contributed by atoms with van der Waals surface area (Å²) in [5.74, 6) is 1.77. The maximum atomic E-state index is 12.6. The van der Waals surface area contributed by atoms with Crippen molar-refractivity contribution >= 4 is 45.3 Å². The highest BCUT2D eigenvalue weighted by molar-refractivity contribution is 8.00. The van der Waals surface area contributed by atoms with E-state index in [4.69, 9.17) is 4.98 Å². The first-order chi connectivity index (χ1) is 14.7. The number of piperidine rings is 1. The van der Waals surface area contributed by atoms with Crippen LogP contribution in [0.2, 0.25) is 0 Å². The number of unbranched alkanes of at least 4 members (excludes halogenated alkanes) is 1. The molecule has 0 saturated carbocycles. The minimum atomic E-state index is -0.0280. The lowest BCUT2D eigenvalue weighted by Crippen LogP contribution is -2.38. The third-order valence-electron chi connectivity index (χ3n) is 6.57. The van der Waals surface area contributed by atoms with E-state index >= 15 is 0 Å². The summed E-state index contributed by atoms with van der Waals surface area (Å²) in [4.78, 5) is 31.0. The van der Waals surface area contributed by atoms with Gasteiger partial charge in [0.15, 0.2) is 0 Å². The van der Waals surface area contributed by atoms with Gasteiger partial charge in [0.25, 0.3) is 0 Å². The highest BCUT2D eigenvalue weighted by Gasteiger charge is 2.42. The van der Waals surface area contributed by atoms with Crippen molar-refractivity contribution in [2.45, 2.75) is 61.8 Å². The predicted octanol–water partition coefficient (Wildman–Crippen LogP) is 3.73. The first-order valence-corrected chi connectivity index (χ1v) is 12.9. The maximum absolute atomic E-state index is 12.6. The SMILES string of the molecule is O=C1N[C@H]2[C@H](CCCCC(=O)N3CCC(c4nc5ccccc5s4)CC3)SC[C@H]2N1. The van der Waals surface area contributed by atoms with Crippen molar-refractivity contribution in [2.75, 3.05) is 18.8 Å². The van der Waals surface area contributed by atoms with Crippen molar-refractivity contribution in [2.24, 2.45) is 0 Å². The number of carbonyl (C=O) groups excluding carboxylic acids is 2. The fraction of sp³-hybridized carbons (Fsp3) is 0.591. The molecule has 3 aliphatic heterocycles. The zero-order valence-corrected chi connectivity index (χ0v) is 18.6. The van der Waals surface area contributed by atoms with Gasteiger partial charge in [0.05, 0.1) is 27.3 Å². The molecule has 3 aliphatic rings. The van der Waals surface area contributed by atoms with Gasteiger partial charge in [-0.15, -0.1) is 11.3 Å². The molecular formula is C22H28N4O2S2. The number of nitrogens with one attached hydrogen (secondary N) is 2. The number of para-hydroxylation sites is 1. The number of thioether (sulfide) groups is 1. The summed E-state index contributed by atoms with van der Waals surface area (Å²) < 4.78 is 1.26. The number of hydrogen-bond donors (Lipinski definition) is 2. The first kappa shape index (κ1) is 20.1. The van der Waals surface area contributed by atoms with Crippen LogP contribution in [0.25, 0.3) is 10.2 Å². The summed E-state index contributed by atoms with van der Waals surface area (Å²) in [6.07, 6.45) is 5.72. The van der Waals surface area contributed by atoms with Gasteiger partial charge < -0.3 is 15.5 Å². The molecule has 3 amide bonds. The van der Waals surface area contributed by atoms with E-state index in [1.807, 2.05) is 22.7 Å². The largest absolute Gasteiger partial charge is 0.343 e. The number of carbonyl (C=O) groups is 2. The molecule has 3 saturated heterocycles. The van der Waals surface area contributed by atoms with Gasteiger partial charge in [0.1, 0.15) is 0 Å². The summed E-state index contributed by atoms with van der Waals surface area (Å²) in [7, 11) is 0. The third-order valence-corrected chi connectivity index (χ3v) is 9.28. The topological polar surface area (TPSA) is 74.3 Å². The van der Waals surface area contributed by atoms with Gasteiger partial charge in [-0.1, -0.05) is 18.6 Å². The zero-order valence-electron chi connectivity index (χ0n) is 17.0. The van der Waals surface area contributed by atoms with Crippen LogP contribution in [-0.2, 0) is 4.79 Å². The Morgan fingerprint density at radius 2 is 2.00 bits per heavy atom. The predicted molar refractivity (Wildman–Crippen MR) is 122 cm³/mol. The number of urea groups is 1. The Labute approximate surface area is 185 Å². The van der Waals surface area contributed by atoms with Gasteiger partial charge in [-0.25, -0.2) is 9.78 Å². The van der Waals surface area contributed by atoms with Crippen molar-refractivity contribution in [1.82, 2.24) is 20.5 Å². The molecule has 3 atom stereocenters. The van der Waals surface area contributed by atoms with E-state index in [0.29, 0.717) is 23.5 Å². The minimum Gasteiger partial charge on any atom is -0.343 e. The van der Waals surface area contributed by atoms with E-state index in [9.17, 15) is 9.59 Å². The Morgan fingerprint density at radius 1 is 1.17 bits per heavy atom. The van der Waals surface area contributed by atoms with Crippen molar-refractivity contribution in [3.8, 4) is 0 Å². The molecule has 2 aromatic rings. The third kappa shape index (κ3) is 4.17. The monoisotopic (exact) mass is 444 g/mol. The van der Waals surface area contributed by atoms with Gasteiger partial charge in [0, 0.05) is 36.4 Å². The van der Waals surface area contributed by atoms with Gasteiger partial charge in [-0.3, -0.25) is 4.79 Å². The highest BCUT2D eigenvalue weighted by Crippen LogP contribution is 2.35. The summed E-state index contributed by atoms with van der Waals surface area (Å²) in [6.45, 7) is 1.69. The van der Waals surface area contributed by atoms with Gasteiger partial charge in [-0.2, -0.15) is 11.8 Å². The fourth-order valence-electron chi connectivity index (χ4n) is 4.86. The van der Waals surface area contributed by atoms with Gasteiger partial charge in [0.2, 0.25) is 5.91 Å². The first-order valence-electron chi connectivity index (χ1n) is 11.0. The lowest BCUT2D eigenvalue weighted by atomic mass is 9.97. The molecule has 4 heterocycles. The Kier molecular flexibility index (Phi) is 5.87. The standard InChI is InChI=1S/C22H28N4O2S2/c27-19(8-4-3-7-18-20-16(13-29-18)24-22(28)25-20)26-11-9-14(10-12-26)21-23-15-5-1-2-6-17(15)30-21/h1-2,5-6,14,16,18,20H,3-4,7-13H2,(H2,24,25,28)/t16-,18+,20-/m1/s1. The quantitative estimate of drug-likeness (QED) is 0.526. The number of likely N-dealkylation sites (tertiary alicyclic amines) is 1. The van der Waals surface area contributed by atoms with Crippen molar-refractivity contribution in [1.29, 1.82) is 0 Å². The van der Waals surface area contributed by atoms with E-state index in [0.717, 1.165) is 56.5 Å². The summed E-state index contributed by atoms with van der Waals surface area (Å²) in [5.41, 5.74) is 1.09. The average Bonchev–Trinajstić information content (AvgIpc) is 3.45. The van der Waals surface area contributed by atoms with Crippen LogP contribution in [0.1, 0.15) is 49.5 Å². The van der Waals surface area contributed by atoms with Crippen molar-refractivity contribution < 1.29 is 9.59 Å². The minimum absolute atomic E-state index is 0.0280. The molecular weight excluding hydrogens is 416 g/mol. The van der Waals surface area contributed by atoms with Crippen LogP contribution in [0.5, 0.6) is 0 Å². The molecule has 0 bridgehead atoms.